The lowest BCUT2D eigenvalue weighted by molar-refractivity contribution is -0.141. The predicted octanol–water partition coefficient (Wildman–Crippen LogP) is 6.09. The lowest BCUT2D eigenvalue weighted by Gasteiger charge is -2.14. The molecule has 0 bridgehead atoms. The van der Waals surface area contributed by atoms with Crippen LogP contribution in [0.25, 0.3) is 0 Å². The van der Waals surface area contributed by atoms with Crippen LogP contribution in [0.5, 0.6) is 5.75 Å². The number of phenolic OH excluding ortho intramolecular Hbond substituents is 1. The summed E-state index contributed by atoms with van der Waals surface area (Å²) in [4.78, 5) is 23.5. The zero-order valence-electron chi connectivity index (χ0n) is 19.3. The second-order valence-electron chi connectivity index (χ2n) is 7.93. The van der Waals surface area contributed by atoms with Gasteiger partial charge in [-0.05, 0) is 56.2 Å². The van der Waals surface area contributed by atoms with Gasteiger partial charge >= 0.3 is 5.97 Å². The van der Waals surface area contributed by atoms with Gasteiger partial charge in [-0.25, -0.2) is 4.79 Å². The van der Waals surface area contributed by atoms with Crippen molar-refractivity contribution in [2.75, 3.05) is 0 Å². The zero-order chi connectivity index (χ0) is 23.4. The minimum Gasteiger partial charge on any atom is -0.508 e. The molecule has 5 heteroatoms. The summed E-state index contributed by atoms with van der Waals surface area (Å²) in [5, 5.41) is 21.3. The van der Waals surface area contributed by atoms with E-state index in [1.54, 1.807) is 12.1 Å². The molecular formula is C27H39NO4. The van der Waals surface area contributed by atoms with Crippen molar-refractivity contribution in [2.45, 2.75) is 83.6 Å². The van der Waals surface area contributed by atoms with Crippen LogP contribution in [0.15, 0.2) is 60.7 Å². The monoisotopic (exact) mass is 441 g/mol. The highest BCUT2D eigenvalue weighted by Gasteiger charge is 2.20. The lowest BCUT2D eigenvalue weighted by Crippen LogP contribution is -2.42. The second kappa shape index (κ2) is 17.8. The van der Waals surface area contributed by atoms with Crippen LogP contribution in [0.4, 0.5) is 0 Å². The Hall–Kier alpha value is -2.82. The van der Waals surface area contributed by atoms with Crippen molar-refractivity contribution in [1.29, 1.82) is 0 Å². The number of hydrogen-bond donors (Lipinski definition) is 3. The number of carbonyl (C=O) groups excluding carboxylic acids is 1. The molecule has 176 valence electrons. The molecule has 3 N–H and O–H groups in total. The van der Waals surface area contributed by atoms with Gasteiger partial charge in [-0.15, -0.1) is 0 Å². The van der Waals surface area contributed by atoms with Crippen LogP contribution in [-0.4, -0.2) is 28.1 Å². The molecule has 0 aliphatic carbocycles. The molecule has 0 saturated heterocycles. The largest absolute Gasteiger partial charge is 0.508 e. The van der Waals surface area contributed by atoms with Crippen molar-refractivity contribution < 1.29 is 19.8 Å². The SMILES string of the molecule is CCC=CCC=CCC=CCCCCCCCC(=O)N[C@@H](Cc1ccc(O)cc1)C(=O)O. The second-order valence-corrected chi connectivity index (χ2v) is 7.93. The number of benzene rings is 1. The quantitative estimate of drug-likeness (QED) is 0.202. The van der Waals surface area contributed by atoms with Gasteiger partial charge in [0.15, 0.2) is 0 Å². The summed E-state index contributed by atoms with van der Waals surface area (Å²) < 4.78 is 0. The van der Waals surface area contributed by atoms with Gasteiger partial charge < -0.3 is 15.5 Å². The maximum atomic E-state index is 12.1. The van der Waals surface area contributed by atoms with Crippen LogP contribution in [0.2, 0.25) is 0 Å². The molecule has 0 spiro atoms. The summed E-state index contributed by atoms with van der Waals surface area (Å²) in [7, 11) is 0. The summed E-state index contributed by atoms with van der Waals surface area (Å²) in [5.74, 6) is -1.15. The fourth-order valence-corrected chi connectivity index (χ4v) is 3.24. The van der Waals surface area contributed by atoms with Crippen LogP contribution in [0, 0.1) is 0 Å². The number of carboxylic acid groups (broad SMARTS) is 1. The minimum absolute atomic E-state index is 0.129. The van der Waals surface area contributed by atoms with Crippen molar-refractivity contribution in [1.82, 2.24) is 5.32 Å². The molecule has 1 aromatic carbocycles. The van der Waals surface area contributed by atoms with Crippen LogP contribution < -0.4 is 5.32 Å². The van der Waals surface area contributed by atoms with Crippen molar-refractivity contribution in [3.05, 3.63) is 66.3 Å². The molecule has 0 saturated carbocycles. The van der Waals surface area contributed by atoms with Gasteiger partial charge in [0.25, 0.3) is 0 Å². The number of phenols is 1. The molecule has 1 atom stereocenters. The number of hydrogen-bond acceptors (Lipinski definition) is 3. The summed E-state index contributed by atoms with van der Waals surface area (Å²) >= 11 is 0. The third-order valence-corrected chi connectivity index (χ3v) is 5.06. The maximum Gasteiger partial charge on any atom is 0.326 e. The van der Waals surface area contributed by atoms with Crippen molar-refractivity contribution in [3.8, 4) is 5.75 Å². The number of aromatic hydroxyl groups is 1. The van der Waals surface area contributed by atoms with Crippen LogP contribution in [0.3, 0.4) is 0 Å². The van der Waals surface area contributed by atoms with Gasteiger partial charge in [-0.3, -0.25) is 4.79 Å². The maximum absolute atomic E-state index is 12.1. The van der Waals surface area contributed by atoms with Crippen LogP contribution >= 0.6 is 0 Å². The zero-order valence-corrected chi connectivity index (χ0v) is 19.3. The van der Waals surface area contributed by atoms with Crippen molar-refractivity contribution in [2.24, 2.45) is 0 Å². The molecule has 0 unspecified atom stereocenters. The van der Waals surface area contributed by atoms with Crippen molar-refractivity contribution >= 4 is 11.9 Å². The fourth-order valence-electron chi connectivity index (χ4n) is 3.24. The van der Waals surface area contributed by atoms with E-state index in [4.69, 9.17) is 0 Å². The van der Waals surface area contributed by atoms with E-state index in [-0.39, 0.29) is 18.1 Å². The molecule has 32 heavy (non-hydrogen) atoms. The molecule has 0 heterocycles. The number of unbranched alkanes of at least 4 members (excludes halogenated alkanes) is 5. The number of aliphatic carboxylic acids is 1. The third-order valence-electron chi connectivity index (χ3n) is 5.06. The summed E-state index contributed by atoms with van der Waals surface area (Å²) in [6.07, 6.45) is 23.0. The van der Waals surface area contributed by atoms with Gasteiger partial charge in [0.1, 0.15) is 11.8 Å². The van der Waals surface area contributed by atoms with Gasteiger partial charge in [0.2, 0.25) is 5.91 Å². The van der Waals surface area contributed by atoms with E-state index >= 15 is 0 Å². The molecule has 1 rings (SSSR count). The highest BCUT2D eigenvalue weighted by molar-refractivity contribution is 5.83. The first-order valence-electron chi connectivity index (χ1n) is 11.8. The van der Waals surface area contributed by atoms with Gasteiger partial charge in [0, 0.05) is 12.8 Å². The molecule has 0 fully saturated rings. The molecule has 0 radical (unpaired) electrons. The molecule has 0 aromatic heterocycles. The van der Waals surface area contributed by atoms with E-state index < -0.39 is 12.0 Å². The molecule has 1 aromatic rings. The van der Waals surface area contributed by atoms with E-state index in [9.17, 15) is 19.8 Å². The Balaban J connectivity index is 2.08. The normalized spacial score (nSPS) is 12.7. The molecule has 0 aliphatic heterocycles. The standard InChI is InChI=1S/C27H39NO4/c1-2-3-4-5-6-7-8-9-10-11-12-13-14-15-16-17-26(30)28-25(27(31)32)22-23-18-20-24(29)21-19-23/h3-4,6-7,9-10,18-21,25,29H,2,5,8,11-17,22H2,1H3,(H,28,30)(H,31,32)/t25-/m0/s1. The number of allylic oxidation sites excluding steroid dienone is 6. The summed E-state index contributed by atoms with van der Waals surface area (Å²) in [6.45, 7) is 2.14. The third kappa shape index (κ3) is 14.2. The Morgan fingerprint density at radius 1 is 0.875 bits per heavy atom. The number of rotatable bonds is 17. The predicted molar refractivity (Wildman–Crippen MR) is 131 cm³/mol. The highest BCUT2D eigenvalue weighted by atomic mass is 16.4. The van der Waals surface area contributed by atoms with Crippen LogP contribution in [-0.2, 0) is 16.0 Å². The smallest absolute Gasteiger partial charge is 0.326 e. The molecule has 1 amide bonds. The lowest BCUT2D eigenvalue weighted by atomic mass is 10.0. The number of nitrogens with one attached hydrogen (secondary N) is 1. The minimum atomic E-state index is -1.05. The van der Waals surface area contributed by atoms with E-state index in [1.165, 1.54) is 12.1 Å². The number of carbonyl (C=O) groups is 2. The van der Waals surface area contributed by atoms with Gasteiger partial charge in [-0.1, -0.05) is 74.8 Å². The Kier molecular flexibility index (Phi) is 15.2. The highest BCUT2D eigenvalue weighted by Crippen LogP contribution is 2.12. The Morgan fingerprint density at radius 2 is 1.47 bits per heavy atom. The Labute approximate surface area is 192 Å². The summed E-state index contributed by atoms with van der Waals surface area (Å²) in [5.41, 5.74) is 0.754. The average molecular weight is 442 g/mol. The molecule has 0 aliphatic rings. The van der Waals surface area contributed by atoms with Gasteiger partial charge in [0.05, 0.1) is 0 Å². The molecular weight excluding hydrogens is 402 g/mol. The van der Waals surface area contributed by atoms with E-state index in [1.807, 2.05) is 0 Å². The van der Waals surface area contributed by atoms with Gasteiger partial charge in [-0.2, -0.15) is 0 Å². The Bertz CT molecular complexity index is 735. The first-order chi connectivity index (χ1) is 15.5. The first-order valence-corrected chi connectivity index (χ1v) is 11.8. The molecule has 5 nitrogen and oxygen atoms in total. The Morgan fingerprint density at radius 3 is 2.12 bits per heavy atom. The van der Waals surface area contributed by atoms with Crippen LogP contribution in [0.1, 0.15) is 76.7 Å². The average Bonchev–Trinajstić information content (AvgIpc) is 2.77. The van der Waals surface area contributed by atoms with E-state index in [0.29, 0.717) is 6.42 Å². The van der Waals surface area contributed by atoms with E-state index in [2.05, 4.69) is 48.7 Å². The summed E-state index contributed by atoms with van der Waals surface area (Å²) in [6, 6.07) is 5.39. The number of amides is 1. The fraction of sp³-hybridized carbons (Fsp3) is 0.481. The van der Waals surface area contributed by atoms with Crippen molar-refractivity contribution in [3.63, 3.8) is 0 Å². The number of carboxylic acids is 1. The van der Waals surface area contributed by atoms with E-state index in [0.717, 1.165) is 63.4 Å². The topological polar surface area (TPSA) is 86.6 Å². The first kappa shape index (κ1) is 27.2.